The van der Waals surface area contributed by atoms with Gasteiger partial charge >= 0.3 is 0 Å². The minimum Gasteiger partial charge on any atom is -0.492 e. The molecule has 0 aliphatic heterocycles. The summed E-state index contributed by atoms with van der Waals surface area (Å²) in [6.07, 6.45) is 1.52. The summed E-state index contributed by atoms with van der Waals surface area (Å²) in [4.78, 5) is 14.8. The Hall–Kier alpha value is -1.59. The minimum absolute atomic E-state index is 0.112. The van der Waals surface area contributed by atoms with E-state index in [4.69, 9.17) is 9.47 Å². The Kier molecular flexibility index (Phi) is 9.53. The number of hydrogen-bond acceptors (Lipinski definition) is 4. The van der Waals surface area contributed by atoms with Gasteiger partial charge in [0, 0.05) is 18.8 Å². The average molecular weight is 351 g/mol. The number of nitrogens with one attached hydrogen (secondary N) is 1. The summed E-state index contributed by atoms with van der Waals surface area (Å²) in [7, 11) is 0. The van der Waals surface area contributed by atoms with Crippen molar-refractivity contribution in [1.82, 2.24) is 4.90 Å². The number of ether oxygens (including phenoxy) is 2. The molecule has 5 heteroatoms. The van der Waals surface area contributed by atoms with E-state index in [0.29, 0.717) is 19.6 Å². The SMILES string of the molecule is CCCO[C@@](C)(CC)C(=O)Nc1ccc(OCCN(CC)CC)cc1. The smallest absolute Gasteiger partial charge is 0.256 e. The van der Waals surface area contributed by atoms with Gasteiger partial charge < -0.3 is 19.7 Å². The van der Waals surface area contributed by atoms with Gasteiger partial charge in [-0.1, -0.05) is 27.7 Å². The van der Waals surface area contributed by atoms with Gasteiger partial charge in [-0.3, -0.25) is 4.79 Å². The van der Waals surface area contributed by atoms with E-state index in [2.05, 4.69) is 24.1 Å². The maximum absolute atomic E-state index is 12.5. The Bertz CT molecular complexity index is 500. The van der Waals surface area contributed by atoms with Gasteiger partial charge in [0.2, 0.25) is 0 Å². The average Bonchev–Trinajstić information content (AvgIpc) is 2.64. The molecule has 0 aliphatic carbocycles. The first-order chi connectivity index (χ1) is 12.0. The molecule has 1 amide bonds. The number of carbonyl (C=O) groups is 1. The lowest BCUT2D eigenvalue weighted by Crippen LogP contribution is -2.42. The largest absolute Gasteiger partial charge is 0.492 e. The van der Waals surface area contributed by atoms with Gasteiger partial charge in [-0.05, 0) is 57.1 Å². The Morgan fingerprint density at radius 3 is 2.24 bits per heavy atom. The van der Waals surface area contributed by atoms with Crippen LogP contribution in [0.1, 0.15) is 47.5 Å². The highest BCUT2D eigenvalue weighted by molar-refractivity contribution is 5.97. The minimum atomic E-state index is -0.797. The topological polar surface area (TPSA) is 50.8 Å². The van der Waals surface area contributed by atoms with E-state index in [0.717, 1.165) is 37.5 Å². The number of benzene rings is 1. The molecule has 0 radical (unpaired) electrons. The summed E-state index contributed by atoms with van der Waals surface area (Å²) in [6.45, 7) is 14.3. The summed E-state index contributed by atoms with van der Waals surface area (Å²) in [5.41, 5.74) is -0.0459. The number of amides is 1. The second-order valence-corrected chi connectivity index (χ2v) is 6.29. The molecule has 142 valence electrons. The zero-order valence-electron chi connectivity index (χ0n) is 16.4. The summed E-state index contributed by atoms with van der Waals surface area (Å²) in [6, 6.07) is 7.49. The first-order valence-corrected chi connectivity index (χ1v) is 9.39. The summed E-state index contributed by atoms with van der Waals surface area (Å²) in [5, 5.41) is 2.93. The molecule has 0 heterocycles. The molecule has 1 aromatic rings. The van der Waals surface area contributed by atoms with Crippen molar-refractivity contribution in [2.45, 2.75) is 53.1 Å². The lowest BCUT2D eigenvalue weighted by Gasteiger charge is -2.27. The number of likely N-dealkylation sites (N-methyl/N-ethyl adjacent to an activating group) is 1. The fraction of sp³-hybridized carbons (Fsp3) is 0.650. The van der Waals surface area contributed by atoms with Gasteiger partial charge in [0.1, 0.15) is 18.0 Å². The molecule has 0 spiro atoms. The Morgan fingerprint density at radius 1 is 1.08 bits per heavy atom. The number of rotatable bonds is 12. The standard InChI is InChI=1S/C20H34N2O3/c1-6-15-25-20(5,7-2)19(23)21-17-10-12-18(13-11-17)24-16-14-22(8-3)9-4/h10-13H,6-9,14-16H2,1-5H3,(H,21,23)/t20-/m0/s1. The molecule has 0 saturated heterocycles. The van der Waals surface area contributed by atoms with E-state index < -0.39 is 5.60 Å². The number of hydrogen-bond donors (Lipinski definition) is 1. The molecule has 1 aromatic carbocycles. The lowest BCUT2D eigenvalue weighted by atomic mass is 10.0. The molecular weight excluding hydrogens is 316 g/mol. The fourth-order valence-corrected chi connectivity index (χ4v) is 2.39. The molecule has 25 heavy (non-hydrogen) atoms. The number of anilines is 1. The Balaban J connectivity index is 2.54. The Labute approximate surface area is 152 Å². The van der Waals surface area contributed by atoms with E-state index in [1.807, 2.05) is 45.0 Å². The van der Waals surface area contributed by atoms with E-state index in [1.165, 1.54) is 0 Å². The maximum atomic E-state index is 12.5. The molecule has 1 N–H and O–H groups in total. The van der Waals surface area contributed by atoms with Gasteiger partial charge in [0.15, 0.2) is 0 Å². The highest BCUT2D eigenvalue weighted by Crippen LogP contribution is 2.21. The monoisotopic (exact) mass is 350 g/mol. The normalized spacial score (nSPS) is 13.5. The zero-order chi connectivity index (χ0) is 18.7. The van der Waals surface area contributed by atoms with Crippen LogP contribution < -0.4 is 10.1 Å². The van der Waals surface area contributed by atoms with Gasteiger partial charge in [-0.25, -0.2) is 0 Å². The second kappa shape index (κ2) is 11.1. The van der Waals surface area contributed by atoms with Crippen molar-refractivity contribution in [3.63, 3.8) is 0 Å². The van der Waals surface area contributed by atoms with E-state index in [9.17, 15) is 4.79 Å². The van der Waals surface area contributed by atoms with Crippen molar-refractivity contribution in [2.75, 3.05) is 38.2 Å². The van der Waals surface area contributed by atoms with E-state index in [1.54, 1.807) is 0 Å². The molecule has 5 nitrogen and oxygen atoms in total. The molecule has 0 aliphatic rings. The van der Waals surface area contributed by atoms with Gasteiger partial charge in [0.05, 0.1) is 0 Å². The third kappa shape index (κ3) is 7.04. The molecule has 0 unspecified atom stereocenters. The first kappa shape index (κ1) is 21.5. The van der Waals surface area contributed by atoms with Crippen LogP contribution in [-0.4, -0.2) is 49.3 Å². The van der Waals surface area contributed by atoms with Crippen molar-refractivity contribution >= 4 is 11.6 Å². The highest BCUT2D eigenvalue weighted by Gasteiger charge is 2.32. The van der Waals surface area contributed by atoms with Crippen LogP contribution in [-0.2, 0) is 9.53 Å². The molecule has 0 saturated carbocycles. The summed E-state index contributed by atoms with van der Waals surface area (Å²) < 4.78 is 11.5. The molecule has 1 rings (SSSR count). The predicted octanol–water partition coefficient (Wildman–Crippen LogP) is 3.94. The van der Waals surface area contributed by atoms with Crippen molar-refractivity contribution in [2.24, 2.45) is 0 Å². The zero-order valence-corrected chi connectivity index (χ0v) is 16.4. The third-order valence-corrected chi connectivity index (χ3v) is 4.46. The first-order valence-electron chi connectivity index (χ1n) is 9.39. The van der Waals surface area contributed by atoms with Crippen molar-refractivity contribution in [3.05, 3.63) is 24.3 Å². The van der Waals surface area contributed by atoms with Crippen LogP contribution in [0.25, 0.3) is 0 Å². The van der Waals surface area contributed by atoms with Crippen molar-refractivity contribution < 1.29 is 14.3 Å². The van der Waals surface area contributed by atoms with Crippen LogP contribution in [0.3, 0.4) is 0 Å². The van der Waals surface area contributed by atoms with Crippen molar-refractivity contribution in [1.29, 1.82) is 0 Å². The van der Waals surface area contributed by atoms with Crippen LogP contribution in [0.4, 0.5) is 5.69 Å². The third-order valence-electron chi connectivity index (χ3n) is 4.46. The number of nitrogens with zero attached hydrogens (tertiary/aromatic N) is 1. The summed E-state index contributed by atoms with van der Waals surface area (Å²) >= 11 is 0. The lowest BCUT2D eigenvalue weighted by molar-refractivity contribution is -0.139. The summed E-state index contributed by atoms with van der Waals surface area (Å²) in [5.74, 6) is 0.698. The Morgan fingerprint density at radius 2 is 1.72 bits per heavy atom. The van der Waals surface area contributed by atoms with Gasteiger partial charge in [-0.2, -0.15) is 0 Å². The van der Waals surface area contributed by atoms with Crippen LogP contribution >= 0.6 is 0 Å². The van der Waals surface area contributed by atoms with Crippen LogP contribution in [0, 0.1) is 0 Å². The highest BCUT2D eigenvalue weighted by atomic mass is 16.5. The molecule has 1 atom stereocenters. The quantitative estimate of drug-likeness (QED) is 0.620. The van der Waals surface area contributed by atoms with Crippen molar-refractivity contribution in [3.8, 4) is 5.75 Å². The molecule has 0 aromatic heterocycles. The maximum Gasteiger partial charge on any atom is 0.256 e. The van der Waals surface area contributed by atoms with Crippen LogP contribution in [0.15, 0.2) is 24.3 Å². The predicted molar refractivity (Wildman–Crippen MR) is 103 cm³/mol. The van der Waals surface area contributed by atoms with E-state index in [-0.39, 0.29) is 5.91 Å². The molecule has 0 fully saturated rings. The van der Waals surface area contributed by atoms with Crippen LogP contribution in [0.2, 0.25) is 0 Å². The number of carbonyl (C=O) groups excluding carboxylic acids is 1. The van der Waals surface area contributed by atoms with Gasteiger partial charge in [0.25, 0.3) is 5.91 Å². The van der Waals surface area contributed by atoms with Crippen LogP contribution in [0.5, 0.6) is 5.75 Å². The fourth-order valence-electron chi connectivity index (χ4n) is 2.39. The second-order valence-electron chi connectivity index (χ2n) is 6.29. The molecular formula is C20H34N2O3. The van der Waals surface area contributed by atoms with E-state index >= 15 is 0 Å². The molecule has 0 bridgehead atoms. The van der Waals surface area contributed by atoms with Gasteiger partial charge in [-0.15, -0.1) is 0 Å².